The van der Waals surface area contributed by atoms with Gasteiger partial charge in [-0.25, -0.2) is 0 Å². The van der Waals surface area contributed by atoms with Crippen molar-refractivity contribution in [1.29, 1.82) is 0 Å². The molecule has 0 aromatic carbocycles. The molecule has 0 radical (unpaired) electrons. The number of hydrogen-bond donors (Lipinski definition) is 4. The molecule has 2 unspecified atom stereocenters. The first-order chi connectivity index (χ1) is 29.8. The molecule has 0 spiro atoms. The molecule has 10 heteroatoms. The molecule has 4 N–H and O–H groups in total. The lowest BCUT2D eigenvalue weighted by molar-refractivity contribution is -0.305. The number of aliphatic hydroxyl groups excluding tert-OH is 4. The van der Waals surface area contributed by atoms with Crippen molar-refractivity contribution in [3.05, 3.63) is 61.3 Å². The van der Waals surface area contributed by atoms with Gasteiger partial charge in [-0.3, -0.25) is 9.59 Å². The van der Waals surface area contributed by atoms with E-state index in [0.717, 1.165) is 44.9 Å². The maximum atomic E-state index is 12.8. The van der Waals surface area contributed by atoms with Gasteiger partial charge in [-0.1, -0.05) is 171 Å². The third-order valence-corrected chi connectivity index (χ3v) is 11.0. The summed E-state index contributed by atoms with van der Waals surface area (Å²) >= 11 is 0. The van der Waals surface area contributed by atoms with Gasteiger partial charge in [0.05, 0.1) is 13.2 Å². The quantitative estimate of drug-likeness (QED) is 0.0266. The lowest BCUT2D eigenvalue weighted by Gasteiger charge is -2.39. The molecular weight excluding hydrogens is 773 g/mol. The van der Waals surface area contributed by atoms with Gasteiger partial charge in [0.1, 0.15) is 31.0 Å². The second-order valence-electron chi connectivity index (χ2n) is 16.6. The molecule has 352 valence electrons. The van der Waals surface area contributed by atoms with E-state index in [1.807, 2.05) is 12.2 Å². The van der Waals surface area contributed by atoms with Crippen LogP contribution < -0.4 is 0 Å². The Bertz CT molecular complexity index is 1160. The monoisotopic (exact) mass is 861 g/mol. The van der Waals surface area contributed by atoms with Crippen LogP contribution in [-0.4, -0.2) is 89.0 Å². The van der Waals surface area contributed by atoms with Crippen molar-refractivity contribution in [3.8, 4) is 0 Å². The zero-order valence-electron chi connectivity index (χ0n) is 38.2. The fourth-order valence-corrected chi connectivity index (χ4v) is 7.16. The van der Waals surface area contributed by atoms with Crippen LogP contribution in [0.25, 0.3) is 0 Å². The Labute approximate surface area is 370 Å². The predicted octanol–water partition coefficient (Wildman–Crippen LogP) is 11.0. The van der Waals surface area contributed by atoms with Crippen LogP contribution in [0.15, 0.2) is 61.3 Å². The molecule has 0 bridgehead atoms. The first-order valence-corrected chi connectivity index (χ1v) is 24.3. The van der Waals surface area contributed by atoms with Crippen molar-refractivity contribution in [2.24, 2.45) is 0 Å². The van der Waals surface area contributed by atoms with Gasteiger partial charge in [0.25, 0.3) is 0 Å². The Morgan fingerprint density at radius 2 is 1.02 bits per heavy atom. The molecule has 0 amide bonds. The smallest absolute Gasteiger partial charge is 0.306 e. The molecule has 0 aromatic rings. The van der Waals surface area contributed by atoms with Gasteiger partial charge in [-0.05, 0) is 64.2 Å². The molecule has 1 fully saturated rings. The van der Waals surface area contributed by atoms with E-state index in [2.05, 4.69) is 56.0 Å². The average molecular weight is 861 g/mol. The van der Waals surface area contributed by atoms with Crippen molar-refractivity contribution in [2.75, 3.05) is 19.8 Å². The number of esters is 2. The Morgan fingerprint density at radius 1 is 0.557 bits per heavy atom. The number of hydrogen-bond acceptors (Lipinski definition) is 10. The van der Waals surface area contributed by atoms with E-state index in [4.69, 9.17) is 18.9 Å². The molecule has 6 atom stereocenters. The molecule has 1 saturated heterocycles. The van der Waals surface area contributed by atoms with E-state index >= 15 is 0 Å². The standard InChI is InChI=1S/C51H88O10/c1-3-5-7-9-11-13-15-17-19-20-21-22-23-24-26-28-30-32-34-36-38-40-47(54)60-44(43-59-51-50(57)49(56)48(55)45(41-52)61-51)42-58-46(53)39-37-35-33-31-29-27-25-18-16-14-12-10-8-6-4-2/h4,19-20,22-23,26,28,32,34,44-45,48-52,55-57H,2-3,5-18,21,24-25,27,29-31,33,35-43H2,1H3/b20-19+,23-22+,28-26+,34-32+/t44-,45-,48+,49?,50?,51-/m1/s1. The van der Waals surface area contributed by atoms with E-state index in [-0.39, 0.29) is 26.1 Å². The maximum absolute atomic E-state index is 12.8. The van der Waals surface area contributed by atoms with Crippen LogP contribution >= 0.6 is 0 Å². The van der Waals surface area contributed by atoms with Gasteiger partial charge in [0.2, 0.25) is 0 Å². The average Bonchev–Trinajstić information content (AvgIpc) is 3.26. The van der Waals surface area contributed by atoms with Crippen molar-refractivity contribution in [2.45, 2.75) is 230 Å². The van der Waals surface area contributed by atoms with Crippen LogP contribution in [0, 0.1) is 0 Å². The SMILES string of the molecule is C=CCCCCCCCCCCCCCCCC(=O)OC[C@H](CO[C@@H]1O[C@H](CO)[C@H](O)C(O)C1O)OC(=O)CCC/C=C/C/C=C/C/C=C/C/C=C/CCCCCCCCC. The van der Waals surface area contributed by atoms with Gasteiger partial charge in [0, 0.05) is 12.8 Å². The van der Waals surface area contributed by atoms with Crippen molar-refractivity contribution >= 4 is 11.9 Å². The highest BCUT2D eigenvalue weighted by Crippen LogP contribution is 2.23. The fraction of sp³-hybridized carbons (Fsp3) is 0.765. The Morgan fingerprint density at radius 3 is 1.54 bits per heavy atom. The minimum atomic E-state index is -1.61. The molecule has 1 rings (SSSR count). The summed E-state index contributed by atoms with van der Waals surface area (Å²) in [6.45, 7) is 4.90. The minimum absolute atomic E-state index is 0.152. The topological polar surface area (TPSA) is 152 Å². The van der Waals surface area contributed by atoms with E-state index in [1.165, 1.54) is 109 Å². The molecule has 0 aromatic heterocycles. The summed E-state index contributed by atoms with van der Waals surface area (Å²) in [6, 6.07) is 0. The molecule has 10 nitrogen and oxygen atoms in total. The molecule has 0 saturated carbocycles. The van der Waals surface area contributed by atoms with Gasteiger partial charge in [-0.15, -0.1) is 6.58 Å². The van der Waals surface area contributed by atoms with E-state index < -0.39 is 55.4 Å². The maximum Gasteiger partial charge on any atom is 0.306 e. The summed E-state index contributed by atoms with van der Waals surface area (Å²) in [7, 11) is 0. The van der Waals surface area contributed by atoms with E-state index in [0.29, 0.717) is 19.3 Å². The number of ether oxygens (including phenoxy) is 4. The van der Waals surface area contributed by atoms with Gasteiger partial charge in [-0.2, -0.15) is 0 Å². The number of rotatable bonds is 41. The number of carbonyl (C=O) groups is 2. The second kappa shape index (κ2) is 41.4. The van der Waals surface area contributed by atoms with Crippen LogP contribution in [-0.2, 0) is 28.5 Å². The Kier molecular flexibility index (Phi) is 38.3. The molecule has 61 heavy (non-hydrogen) atoms. The molecule has 1 aliphatic heterocycles. The first-order valence-electron chi connectivity index (χ1n) is 24.3. The highest BCUT2D eigenvalue weighted by atomic mass is 16.7. The van der Waals surface area contributed by atoms with Crippen molar-refractivity contribution < 1.29 is 49.0 Å². The van der Waals surface area contributed by atoms with Gasteiger partial charge >= 0.3 is 11.9 Å². The van der Waals surface area contributed by atoms with Crippen molar-refractivity contribution in [3.63, 3.8) is 0 Å². The predicted molar refractivity (Wildman–Crippen MR) is 247 cm³/mol. The lowest BCUT2D eigenvalue weighted by Crippen LogP contribution is -2.59. The highest BCUT2D eigenvalue weighted by molar-refractivity contribution is 5.70. The fourth-order valence-electron chi connectivity index (χ4n) is 7.16. The third kappa shape index (κ3) is 32.7. The summed E-state index contributed by atoms with van der Waals surface area (Å²) in [5.74, 6) is -0.875. The van der Waals surface area contributed by atoms with Crippen LogP contribution in [0.5, 0.6) is 0 Å². The van der Waals surface area contributed by atoms with E-state index in [9.17, 15) is 30.0 Å². The van der Waals surface area contributed by atoms with Crippen LogP contribution in [0.4, 0.5) is 0 Å². The van der Waals surface area contributed by atoms with Gasteiger partial charge in [0.15, 0.2) is 12.4 Å². The highest BCUT2D eigenvalue weighted by Gasteiger charge is 2.44. The third-order valence-electron chi connectivity index (χ3n) is 11.0. The molecular formula is C51H88O10. The minimum Gasteiger partial charge on any atom is -0.462 e. The normalized spacial score (nSPS) is 20.0. The number of unbranched alkanes of at least 4 members (excludes halogenated alkanes) is 21. The van der Waals surface area contributed by atoms with Gasteiger partial charge < -0.3 is 39.4 Å². The van der Waals surface area contributed by atoms with E-state index in [1.54, 1.807) is 0 Å². The molecule has 1 aliphatic rings. The lowest BCUT2D eigenvalue weighted by atomic mass is 9.99. The molecule has 1 heterocycles. The summed E-state index contributed by atoms with van der Waals surface area (Å²) in [6.07, 6.45) is 42.7. The number of aliphatic hydroxyl groups is 4. The first kappa shape index (κ1) is 56.4. The zero-order valence-corrected chi connectivity index (χ0v) is 38.2. The Hall–Kier alpha value is -2.60. The largest absolute Gasteiger partial charge is 0.462 e. The summed E-state index contributed by atoms with van der Waals surface area (Å²) < 4.78 is 22.1. The summed E-state index contributed by atoms with van der Waals surface area (Å²) in [4.78, 5) is 25.4. The summed E-state index contributed by atoms with van der Waals surface area (Å²) in [5.41, 5.74) is 0. The van der Waals surface area contributed by atoms with Crippen LogP contribution in [0.3, 0.4) is 0 Å². The zero-order chi connectivity index (χ0) is 44.4. The second-order valence-corrected chi connectivity index (χ2v) is 16.6. The summed E-state index contributed by atoms with van der Waals surface area (Å²) in [5, 5.41) is 40.1. The van der Waals surface area contributed by atoms with Crippen LogP contribution in [0.1, 0.15) is 193 Å². The Balaban J connectivity index is 2.34. The number of carbonyl (C=O) groups excluding carboxylic acids is 2. The molecule has 0 aliphatic carbocycles. The number of allylic oxidation sites excluding steroid dienone is 9. The van der Waals surface area contributed by atoms with Crippen molar-refractivity contribution in [1.82, 2.24) is 0 Å². The van der Waals surface area contributed by atoms with Crippen LogP contribution in [0.2, 0.25) is 0 Å².